The summed E-state index contributed by atoms with van der Waals surface area (Å²) in [6.07, 6.45) is 5.13. The van der Waals surface area contributed by atoms with Gasteiger partial charge in [0.2, 0.25) is 0 Å². The highest BCUT2D eigenvalue weighted by molar-refractivity contribution is 7.99. The van der Waals surface area contributed by atoms with Crippen molar-refractivity contribution in [3.8, 4) is 0 Å². The summed E-state index contributed by atoms with van der Waals surface area (Å²) in [4.78, 5) is 0. The first-order chi connectivity index (χ1) is 8.59. The van der Waals surface area contributed by atoms with E-state index in [1.165, 1.54) is 10.5 Å². The predicted octanol–water partition coefficient (Wildman–Crippen LogP) is 0.418. The van der Waals surface area contributed by atoms with E-state index in [2.05, 4.69) is 10.2 Å². The topological polar surface area (TPSA) is 86.3 Å². The van der Waals surface area contributed by atoms with Gasteiger partial charge in [0.15, 0.2) is 5.03 Å². The molecule has 102 valence electrons. The molecule has 1 saturated heterocycles. The van der Waals surface area contributed by atoms with Gasteiger partial charge in [-0.15, -0.1) is 0 Å². The molecule has 0 radical (unpaired) electrons. The zero-order valence-corrected chi connectivity index (χ0v) is 11.8. The number of thioether (sulfide) groups is 1. The SMILES string of the molecule is CSC1CCN(S(=O)(=O)c2[nH]ncc2CO)CC1. The molecule has 0 bridgehead atoms. The van der Waals surface area contributed by atoms with Crippen molar-refractivity contribution in [2.45, 2.75) is 29.7 Å². The molecule has 2 N–H and O–H groups in total. The van der Waals surface area contributed by atoms with Crippen LogP contribution in [-0.4, -0.2) is 52.6 Å². The van der Waals surface area contributed by atoms with Crippen molar-refractivity contribution in [3.05, 3.63) is 11.8 Å². The number of aliphatic hydroxyl groups excluding tert-OH is 1. The van der Waals surface area contributed by atoms with Gasteiger partial charge in [-0.2, -0.15) is 21.2 Å². The smallest absolute Gasteiger partial charge is 0.260 e. The average molecular weight is 291 g/mol. The number of aromatic amines is 1. The van der Waals surface area contributed by atoms with Crippen LogP contribution in [0.2, 0.25) is 0 Å². The van der Waals surface area contributed by atoms with Crippen molar-refractivity contribution in [1.29, 1.82) is 0 Å². The maximum Gasteiger partial charge on any atom is 0.260 e. The van der Waals surface area contributed by atoms with Gasteiger partial charge in [0.1, 0.15) is 0 Å². The van der Waals surface area contributed by atoms with Crippen LogP contribution in [0.25, 0.3) is 0 Å². The second-order valence-electron chi connectivity index (χ2n) is 4.22. The molecule has 0 amide bonds. The summed E-state index contributed by atoms with van der Waals surface area (Å²) in [6.45, 7) is 0.724. The van der Waals surface area contributed by atoms with Crippen LogP contribution >= 0.6 is 11.8 Å². The first-order valence-electron chi connectivity index (χ1n) is 5.75. The lowest BCUT2D eigenvalue weighted by atomic mass is 10.2. The Morgan fingerprint density at radius 1 is 1.56 bits per heavy atom. The fourth-order valence-electron chi connectivity index (χ4n) is 2.07. The highest BCUT2D eigenvalue weighted by Gasteiger charge is 2.31. The summed E-state index contributed by atoms with van der Waals surface area (Å²) in [5.41, 5.74) is 0.321. The summed E-state index contributed by atoms with van der Waals surface area (Å²) >= 11 is 1.78. The Bertz CT molecular complexity index is 492. The van der Waals surface area contributed by atoms with Gasteiger partial charge >= 0.3 is 0 Å². The second kappa shape index (κ2) is 5.60. The minimum atomic E-state index is -3.55. The van der Waals surface area contributed by atoms with Gasteiger partial charge in [-0.3, -0.25) is 5.10 Å². The first kappa shape index (κ1) is 13.9. The van der Waals surface area contributed by atoms with Crippen LogP contribution in [0, 0.1) is 0 Å². The lowest BCUT2D eigenvalue weighted by molar-refractivity contribution is 0.277. The molecular formula is C10H17N3O3S2. The zero-order valence-electron chi connectivity index (χ0n) is 10.2. The molecular weight excluding hydrogens is 274 g/mol. The molecule has 0 saturated carbocycles. The molecule has 0 aliphatic carbocycles. The van der Waals surface area contributed by atoms with Gasteiger partial charge in [0.25, 0.3) is 10.0 Å². The second-order valence-corrected chi connectivity index (χ2v) is 7.23. The fraction of sp³-hybridized carbons (Fsp3) is 0.700. The number of nitrogens with zero attached hydrogens (tertiary/aromatic N) is 2. The van der Waals surface area contributed by atoms with Crippen molar-refractivity contribution in [3.63, 3.8) is 0 Å². The molecule has 1 aromatic heterocycles. The number of piperidine rings is 1. The van der Waals surface area contributed by atoms with Crippen LogP contribution in [0.1, 0.15) is 18.4 Å². The number of H-pyrrole nitrogens is 1. The van der Waals surface area contributed by atoms with E-state index in [4.69, 9.17) is 5.11 Å². The quantitative estimate of drug-likeness (QED) is 0.839. The average Bonchev–Trinajstić information content (AvgIpc) is 2.88. The molecule has 1 aromatic rings. The first-order valence-corrected chi connectivity index (χ1v) is 8.48. The van der Waals surface area contributed by atoms with E-state index < -0.39 is 10.0 Å². The molecule has 8 heteroatoms. The van der Waals surface area contributed by atoms with Crippen LogP contribution in [0.3, 0.4) is 0 Å². The Balaban J connectivity index is 2.17. The monoisotopic (exact) mass is 291 g/mol. The number of aromatic nitrogens is 2. The largest absolute Gasteiger partial charge is 0.392 e. The van der Waals surface area contributed by atoms with Crippen LogP contribution in [0.5, 0.6) is 0 Å². The summed E-state index contributed by atoms with van der Waals surface area (Å²) in [5, 5.41) is 15.8. The Morgan fingerprint density at radius 3 is 2.78 bits per heavy atom. The molecule has 0 atom stereocenters. The van der Waals surface area contributed by atoms with E-state index in [0.29, 0.717) is 23.9 Å². The molecule has 0 aromatic carbocycles. The number of aliphatic hydroxyl groups is 1. The lowest BCUT2D eigenvalue weighted by Crippen LogP contribution is -2.39. The van der Waals surface area contributed by atoms with Crippen molar-refractivity contribution >= 4 is 21.8 Å². The van der Waals surface area contributed by atoms with Gasteiger partial charge in [-0.1, -0.05) is 0 Å². The van der Waals surface area contributed by atoms with Crippen LogP contribution < -0.4 is 0 Å². The van der Waals surface area contributed by atoms with Gasteiger partial charge in [-0.05, 0) is 19.1 Å². The molecule has 0 spiro atoms. The van der Waals surface area contributed by atoms with Crippen molar-refractivity contribution in [2.24, 2.45) is 0 Å². The van der Waals surface area contributed by atoms with E-state index in [1.807, 2.05) is 6.26 Å². The Hall–Kier alpha value is -0.570. The van der Waals surface area contributed by atoms with E-state index in [9.17, 15) is 8.42 Å². The Morgan fingerprint density at radius 2 is 2.22 bits per heavy atom. The summed E-state index contributed by atoms with van der Waals surface area (Å²) in [5.74, 6) is 0. The maximum absolute atomic E-state index is 12.4. The van der Waals surface area contributed by atoms with Crippen LogP contribution in [-0.2, 0) is 16.6 Å². The number of nitrogens with one attached hydrogen (secondary N) is 1. The highest BCUT2D eigenvalue weighted by atomic mass is 32.2. The molecule has 1 aliphatic heterocycles. The molecule has 1 aliphatic rings. The number of hydrogen-bond donors (Lipinski definition) is 2. The van der Waals surface area contributed by atoms with Gasteiger partial charge in [0, 0.05) is 23.9 Å². The molecule has 2 heterocycles. The molecule has 6 nitrogen and oxygen atoms in total. The van der Waals surface area contributed by atoms with E-state index in [0.717, 1.165) is 12.8 Å². The van der Waals surface area contributed by atoms with E-state index >= 15 is 0 Å². The van der Waals surface area contributed by atoms with Crippen LogP contribution in [0.4, 0.5) is 0 Å². The molecule has 2 rings (SSSR count). The third kappa shape index (κ3) is 2.56. The third-order valence-electron chi connectivity index (χ3n) is 3.18. The summed E-state index contributed by atoms with van der Waals surface area (Å²) in [6, 6.07) is 0. The van der Waals surface area contributed by atoms with Crippen molar-refractivity contribution < 1.29 is 13.5 Å². The van der Waals surface area contributed by atoms with Crippen molar-refractivity contribution in [1.82, 2.24) is 14.5 Å². The van der Waals surface area contributed by atoms with E-state index in [-0.39, 0.29) is 11.6 Å². The van der Waals surface area contributed by atoms with Gasteiger partial charge in [-0.25, -0.2) is 8.42 Å². The molecule has 1 fully saturated rings. The van der Waals surface area contributed by atoms with E-state index in [1.54, 1.807) is 11.8 Å². The van der Waals surface area contributed by atoms with Gasteiger partial charge < -0.3 is 5.11 Å². The molecule has 0 unspecified atom stereocenters. The number of hydrogen-bond acceptors (Lipinski definition) is 5. The minimum absolute atomic E-state index is 0.0209. The third-order valence-corrected chi connectivity index (χ3v) is 6.23. The standard InChI is InChI=1S/C10H17N3O3S2/c1-17-9-2-4-13(5-3-9)18(15,16)10-8(7-14)6-11-12-10/h6,9,14H,2-5,7H2,1H3,(H,11,12). The maximum atomic E-state index is 12.4. The van der Waals surface area contributed by atoms with Gasteiger partial charge in [0.05, 0.1) is 12.8 Å². The molecule has 18 heavy (non-hydrogen) atoms. The minimum Gasteiger partial charge on any atom is -0.392 e. The van der Waals surface area contributed by atoms with Crippen LogP contribution in [0.15, 0.2) is 11.2 Å². The summed E-state index contributed by atoms with van der Waals surface area (Å²) in [7, 11) is -3.55. The highest BCUT2D eigenvalue weighted by Crippen LogP contribution is 2.26. The van der Waals surface area contributed by atoms with Crippen molar-refractivity contribution in [2.75, 3.05) is 19.3 Å². The number of sulfonamides is 1. The Labute approximate surface area is 111 Å². The number of rotatable bonds is 4. The fourth-order valence-corrected chi connectivity index (χ4v) is 4.32. The Kier molecular flexibility index (Phi) is 4.31. The summed E-state index contributed by atoms with van der Waals surface area (Å²) < 4.78 is 26.2. The normalized spacial score (nSPS) is 19.2. The zero-order chi connectivity index (χ0) is 13.2. The predicted molar refractivity (Wildman–Crippen MR) is 69.8 cm³/mol. The lowest BCUT2D eigenvalue weighted by Gasteiger charge is -2.30.